The lowest BCUT2D eigenvalue weighted by atomic mass is 10.2. The van der Waals surface area contributed by atoms with Crippen LogP contribution >= 0.6 is 43.5 Å². The van der Waals surface area contributed by atoms with Crippen LogP contribution in [0.15, 0.2) is 33.3 Å². The van der Waals surface area contributed by atoms with Crippen LogP contribution < -0.4 is 5.32 Å². The van der Waals surface area contributed by atoms with Gasteiger partial charge < -0.3 is 10.4 Å². The van der Waals surface area contributed by atoms with Gasteiger partial charge in [-0.05, 0) is 50.1 Å². The van der Waals surface area contributed by atoms with Crippen molar-refractivity contribution in [1.82, 2.24) is 4.98 Å². The smallest absolute Gasteiger partial charge is 0.339 e. The molecule has 0 bridgehead atoms. The summed E-state index contributed by atoms with van der Waals surface area (Å²) in [7, 11) is 0. The molecule has 0 aliphatic carbocycles. The zero-order valence-corrected chi connectivity index (χ0v) is 13.6. The summed E-state index contributed by atoms with van der Waals surface area (Å²) < 4.78 is 14.0. The number of hydrogen-bond acceptors (Lipinski definition) is 3. The largest absolute Gasteiger partial charge is 0.478 e. The third-order valence-corrected chi connectivity index (χ3v) is 3.69. The first-order valence-electron chi connectivity index (χ1n) is 5.19. The molecule has 4 nitrogen and oxygen atoms in total. The van der Waals surface area contributed by atoms with Crippen LogP contribution in [0.2, 0.25) is 5.02 Å². The average Bonchev–Trinajstić information content (AvgIpc) is 2.34. The second-order valence-corrected chi connectivity index (χ2v) is 5.90. The number of pyridine rings is 1. The fourth-order valence-electron chi connectivity index (χ4n) is 1.48. The second kappa shape index (κ2) is 6.07. The molecule has 20 heavy (non-hydrogen) atoms. The van der Waals surface area contributed by atoms with Crippen molar-refractivity contribution in [3.05, 3.63) is 49.7 Å². The van der Waals surface area contributed by atoms with Crippen LogP contribution in [-0.2, 0) is 0 Å². The van der Waals surface area contributed by atoms with Crippen molar-refractivity contribution in [2.75, 3.05) is 5.32 Å². The topological polar surface area (TPSA) is 62.2 Å². The molecule has 0 aliphatic rings. The van der Waals surface area contributed by atoms with Crippen LogP contribution in [0.3, 0.4) is 0 Å². The Hall–Kier alpha value is -1.18. The highest BCUT2D eigenvalue weighted by Crippen LogP contribution is 2.34. The van der Waals surface area contributed by atoms with Gasteiger partial charge in [0.15, 0.2) is 0 Å². The van der Waals surface area contributed by atoms with E-state index < -0.39 is 11.8 Å². The number of aromatic nitrogens is 1. The zero-order chi connectivity index (χ0) is 14.9. The number of anilines is 2. The monoisotopic (exact) mass is 422 g/mol. The number of nitrogens with zero attached hydrogens (tertiary/aromatic N) is 1. The Morgan fingerprint density at radius 2 is 2.05 bits per heavy atom. The summed E-state index contributed by atoms with van der Waals surface area (Å²) >= 11 is 12.2. The fourth-order valence-corrected chi connectivity index (χ4v) is 2.71. The lowest BCUT2D eigenvalue weighted by Gasteiger charge is -2.12. The van der Waals surface area contributed by atoms with Gasteiger partial charge in [0.25, 0.3) is 0 Å². The van der Waals surface area contributed by atoms with E-state index in [1.807, 2.05) is 0 Å². The highest BCUT2D eigenvalue weighted by atomic mass is 79.9. The van der Waals surface area contributed by atoms with Gasteiger partial charge in [-0.25, -0.2) is 14.2 Å². The summed E-state index contributed by atoms with van der Waals surface area (Å²) in [5, 5.41) is 12.0. The van der Waals surface area contributed by atoms with E-state index in [1.165, 1.54) is 18.3 Å². The zero-order valence-electron chi connectivity index (χ0n) is 9.62. The van der Waals surface area contributed by atoms with Gasteiger partial charge in [0, 0.05) is 15.1 Å². The minimum atomic E-state index is -1.14. The molecule has 2 aromatic rings. The maximum absolute atomic E-state index is 13.1. The van der Waals surface area contributed by atoms with Gasteiger partial charge in [-0.2, -0.15) is 0 Å². The average molecular weight is 424 g/mol. The first-order chi connectivity index (χ1) is 9.38. The number of halogens is 4. The lowest BCUT2D eigenvalue weighted by molar-refractivity contribution is 0.0697. The molecule has 0 saturated heterocycles. The first kappa shape index (κ1) is 15.2. The van der Waals surface area contributed by atoms with Gasteiger partial charge in [-0.1, -0.05) is 11.6 Å². The van der Waals surface area contributed by atoms with Crippen LogP contribution in [-0.4, -0.2) is 16.1 Å². The Bertz CT molecular complexity index is 674. The molecular weight excluding hydrogens is 418 g/mol. The van der Waals surface area contributed by atoms with Crippen LogP contribution in [0.4, 0.5) is 15.9 Å². The van der Waals surface area contributed by atoms with Crippen LogP contribution in [0.5, 0.6) is 0 Å². The van der Waals surface area contributed by atoms with Crippen molar-refractivity contribution in [2.24, 2.45) is 0 Å². The van der Waals surface area contributed by atoms with E-state index in [9.17, 15) is 9.18 Å². The molecule has 1 aromatic heterocycles. The van der Waals surface area contributed by atoms with E-state index >= 15 is 0 Å². The molecular formula is C12H6Br2ClFN2O2. The van der Waals surface area contributed by atoms with Crippen molar-refractivity contribution < 1.29 is 14.3 Å². The van der Waals surface area contributed by atoms with E-state index in [0.717, 1.165) is 6.07 Å². The summed E-state index contributed by atoms with van der Waals surface area (Å²) in [6, 6.07) is 3.74. The first-order valence-corrected chi connectivity index (χ1v) is 7.15. The molecule has 104 valence electrons. The molecule has 2 rings (SSSR count). The Morgan fingerprint density at radius 3 is 2.65 bits per heavy atom. The number of nitrogens with one attached hydrogen (secondary N) is 1. The van der Waals surface area contributed by atoms with Gasteiger partial charge in [0.05, 0.1) is 10.7 Å². The molecule has 0 spiro atoms. The van der Waals surface area contributed by atoms with Gasteiger partial charge in [0.1, 0.15) is 17.2 Å². The molecule has 0 saturated carbocycles. The summed E-state index contributed by atoms with van der Waals surface area (Å²) in [4.78, 5) is 15.2. The number of rotatable bonds is 3. The highest BCUT2D eigenvalue weighted by Gasteiger charge is 2.15. The molecule has 8 heteroatoms. The molecule has 1 heterocycles. The fraction of sp³-hybridized carbons (Fsp3) is 0. The standard InChI is InChI=1S/C12H6Br2ClFN2O2/c13-5-1-7(12(19)20)11(17-4-5)18-10-8(14)2-6(16)3-9(10)15/h1-4H,(H,17,18)(H,19,20). The Morgan fingerprint density at radius 1 is 1.35 bits per heavy atom. The number of carboxylic acid groups (broad SMARTS) is 1. The highest BCUT2D eigenvalue weighted by molar-refractivity contribution is 9.10. The number of aromatic carboxylic acids is 1. The Labute approximate surface area is 135 Å². The van der Waals surface area contributed by atoms with E-state index in [1.54, 1.807) is 0 Å². The SMILES string of the molecule is O=C(O)c1cc(Br)cnc1Nc1c(Cl)cc(F)cc1Br. The summed E-state index contributed by atoms with van der Waals surface area (Å²) in [5.41, 5.74) is 0.303. The Balaban J connectivity index is 2.48. The lowest BCUT2D eigenvalue weighted by Crippen LogP contribution is -2.05. The van der Waals surface area contributed by atoms with E-state index in [4.69, 9.17) is 16.7 Å². The van der Waals surface area contributed by atoms with Crippen molar-refractivity contribution in [1.29, 1.82) is 0 Å². The third kappa shape index (κ3) is 3.28. The number of benzene rings is 1. The van der Waals surface area contributed by atoms with Crippen molar-refractivity contribution >= 4 is 60.9 Å². The van der Waals surface area contributed by atoms with Crippen LogP contribution in [0.1, 0.15) is 10.4 Å². The van der Waals surface area contributed by atoms with Gasteiger partial charge in [-0.15, -0.1) is 0 Å². The molecule has 0 radical (unpaired) electrons. The number of hydrogen-bond donors (Lipinski definition) is 2. The minimum absolute atomic E-state index is 0.0355. The summed E-state index contributed by atoms with van der Waals surface area (Å²) in [6.45, 7) is 0. The number of carbonyl (C=O) groups is 1. The molecule has 0 atom stereocenters. The minimum Gasteiger partial charge on any atom is -0.478 e. The number of carboxylic acids is 1. The maximum atomic E-state index is 13.1. The third-order valence-electron chi connectivity index (χ3n) is 2.34. The molecule has 0 unspecified atom stereocenters. The van der Waals surface area contributed by atoms with Crippen molar-refractivity contribution in [2.45, 2.75) is 0 Å². The van der Waals surface area contributed by atoms with Crippen molar-refractivity contribution in [3.8, 4) is 0 Å². The summed E-state index contributed by atoms with van der Waals surface area (Å²) in [5.74, 6) is -1.54. The maximum Gasteiger partial charge on any atom is 0.339 e. The second-order valence-electron chi connectivity index (χ2n) is 3.72. The van der Waals surface area contributed by atoms with Gasteiger partial charge in [0.2, 0.25) is 0 Å². The molecule has 2 N–H and O–H groups in total. The molecule has 0 amide bonds. The van der Waals surface area contributed by atoms with Crippen LogP contribution in [0.25, 0.3) is 0 Å². The van der Waals surface area contributed by atoms with Crippen molar-refractivity contribution in [3.63, 3.8) is 0 Å². The Kier molecular flexibility index (Phi) is 4.62. The summed E-state index contributed by atoms with van der Waals surface area (Å²) in [6.07, 6.45) is 1.44. The van der Waals surface area contributed by atoms with Gasteiger partial charge in [-0.3, -0.25) is 0 Å². The normalized spacial score (nSPS) is 10.4. The predicted octanol–water partition coefficient (Wildman–Crippen LogP) is 4.84. The van der Waals surface area contributed by atoms with E-state index in [2.05, 4.69) is 42.2 Å². The molecule has 0 fully saturated rings. The molecule has 0 aliphatic heterocycles. The van der Waals surface area contributed by atoms with E-state index in [0.29, 0.717) is 14.6 Å². The molecule has 1 aromatic carbocycles. The van der Waals surface area contributed by atoms with Crippen LogP contribution in [0, 0.1) is 5.82 Å². The quantitative estimate of drug-likeness (QED) is 0.740. The van der Waals surface area contributed by atoms with Gasteiger partial charge >= 0.3 is 5.97 Å². The predicted molar refractivity (Wildman–Crippen MR) is 81.3 cm³/mol. The van der Waals surface area contributed by atoms with E-state index in [-0.39, 0.29) is 16.4 Å².